The molecule has 2 heterocycles. The maximum Gasteiger partial charge on any atom is 0.242 e. The standard InChI is InChI=1S/C11H16N4O/c1-8-11(16)13-6-7-15(8)10-5-3-4-9(12-2)14-10/h3-5,8H,6-7H2,1-2H3,(H,12,14)(H,13,16). The smallest absolute Gasteiger partial charge is 0.242 e. The van der Waals surface area contributed by atoms with Gasteiger partial charge in [-0.15, -0.1) is 0 Å². The highest BCUT2D eigenvalue weighted by Crippen LogP contribution is 2.17. The molecule has 86 valence electrons. The first-order valence-corrected chi connectivity index (χ1v) is 5.41. The number of pyridine rings is 1. The van der Waals surface area contributed by atoms with Crippen LogP contribution in [0.1, 0.15) is 6.92 Å². The monoisotopic (exact) mass is 220 g/mol. The summed E-state index contributed by atoms with van der Waals surface area (Å²) >= 11 is 0. The second-order valence-electron chi connectivity index (χ2n) is 3.79. The first-order valence-electron chi connectivity index (χ1n) is 5.41. The van der Waals surface area contributed by atoms with E-state index in [2.05, 4.69) is 15.6 Å². The predicted octanol–water partition coefficient (Wildman–Crippen LogP) is 0.448. The minimum absolute atomic E-state index is 0.0583. The van der Waals surface area contributed by atoms with Gasteiger partial charge in [-0.2, -0.15) is 0 Å². The molecule has 5 heteroatoms. The maximum atomic E-state index is 11.5. The van der Waals surface area contributed by atoms with E-state index in [-0.39, 0.29) is 11.9 Å². The van der Waals surface area contributed by atoms with Crippen LogP contribution in [0, 0.1) is 0 Å². The van der Waals surface area contributed by atoms with Crippen molar-refractivity contribution in [2.45, 2.75) is 13.0 Å². The number of amides is 1. The van der Waals surface area contributed by atoms with Crippen molar-refractivity contribution >= 4 is 17.5 Å². The molecule has 1 aliphatic heterocycles. The number of aromatic nitrogens is 1. The summed E-state index contributed by atoms with van der Waals surface area (Å²) in [5, 5.41) is 5.83. The van der Waals surface area contributed by atoms with Gasteiger partial charge in [-0.25, -0.2) is 4.98 Å². The van der Waals surface area contributed by atoms with E-state index in [1.807, 2.05) is 37.1 Å². The van der Waals surface area contributed by atoms with Gasteiger partial charge in [0.25, 0.3) is 0 Å². The van der Waals surface area contributed by atoms with E-state index >= 15 is 0 Å². The molecule has 2 rings (SSSR count). The molecule has 1 fully saturated rings. The molecule has 1 aromatic rings. The zero-order valence-electron chi connectivity index (χ0n) is 9.53. The van der Waals surface area contributed by atoms with Crippen LogP contribution in [0.5, 0.6) is 0 Å². The molecule has 0 radical (unpaired) electrons. The van der Waals surface area contributed by atoms with Crippen LogP contribution >= 0.6 is 0 Å². The fourth-order valence-corrected chi connectivity index (χ4v) is 1.82. The topological polar surface area (TPSA) is 57.3 Å². The molecule has 1 saturated heterocycles. The first-order chi connectivity index (χ1) is 7.72. The number of piperazine rings is 1. The Hall–Kier alpha value is -1.78. The largest absolute Gasteiger partial charge is 0.373 e. The number of nitrogens with zero attached hydrogens (tertiary/aromatic N) is 2. The normalized spacial score (nSPS) is 20.5. The Labute approximate surface area is 94.9 Å². The van der Waals surface area contributed by atoms with Crippen molar-refractivity contribution in [1.82, 2.24) is 10.3 Å². The molecule has 5 nitrogen and oxygen atoms in total. The van der Waals surface area contributed by atoms with Gasteiger partial charge in [-0.3, -0.25) is 4.79 Å². The van der Waals surface area contributed by atoms with Crippen molar-refractivity contribution in [3.63, 3.8) is 0 Å². The molecule has 0 bridgehead atoms. The van der Waals surface area contributed by atoms with Crippen LogP contribution in [0.4, 0.5) is 11.6 Å². The number of carbonyl (C=O) groups excluding carboxylic acids is 1. The SMILES string of the molecule is CNc1cccc(N2CCNC(=O)C2C)n1. The van der Waals surface area contributed by atoms with Gasteiger partial charge in [-0.1, -0.05) is 6.07 Å². The fraction of sp³-hybridized carbons (Fsp3) is 0.455. The van der Waals surface area contributed by atoms with Gasteiger partial charge < -0.3 is 15.5 Å². The van der Waals surface area contributed by atoms with Crippen LogP contribution < -0.4 is 15.5 Å². The Bertz CT molecular complexity index is 393. The lowest BCUT2D eigenvalue weighted by atomic mass is 10.2. The molecule has 2 N–H and O–H groups in total. The zero-order valence-corrected chi connectivity index (χ0v) is 9.53. The van der Waals surface area contributed by atoms with Gasteiger partial charge in [0.05, 0.1) is 0 Å². The van der Waals surface area contributed by atoms with Gasteiger partial charge >= 0.3 is 0 Å². The minimum Gasteiger partial charge on any atom is -0.373 e. The van der Waals surface area contributed by atoms with E-state index in [1.165, 1.54) is 0 Å². The Kier molecular flexibility index (Phi) is 2.94. The molecular formula is C11H16N4O. The first kappa shape index (κ1) is 10.7. The average molecular weight is 220 g/mol. The van der Waals surface area contributed by atoms with Gasteiger partial charge in [0, 0.05) is 20.1 Å². The molecule has 0 aromatic carbocycles. The van der Waals surface area contributed by atoms with Gasteiger partial charge in [0.1, 0.15) is 17.7 Å². The molecule has 1 amide bonds. The van der Waals surface area contributed by atoms with E-state index in [0.29, 0.717) is 6.54 Å². The Balaban J connectivity index is 2.25. The second-order valence-corrected chi connectivity index (χ2v) is 3.79. The third-order valence-electron chi connectivity index (χ3n) is 2.78. The van der Waals surface area contributed by atoms with E-state index in [0.717, 1.165) is 18.2 Å². The molecule has 16 heavy (non-hydrogen) atoms. The van der Waals surface area contributed by atoms with Gasteiger partial charge in [0.15, 0.2) is 0 Å². The summed E-state index contributed by atoms with van der Waals surface area (Å²) in [6.07, 6.45) is 0. The molecule has 1 aliphatic rings. The molecule has 1 unspecified atom stereocenters. The number of rotatable bonds is 2. The minimum atomic E-state index is -0.159. The number of anilines is 2. The molecule has 0 aliphatic carbocycles. The summed E-state index contributed by atoms with van der Waals surface area (Å²) in [5.74, 6) is 1.72. The quantitative estimate of drug-likeness (QED) is 0.759. The van der Waals surface area contributed by atoms with Crippen LogP contribution in [0.3, 0.4) is 0 Å². The van der Waals surface area contributed by atoms with Gasteiger partial charge in [-0.05, 0) is 19.1 Å². The van der Waals surface area contributed by atoms with Crippen LogP contribution in [-0.2, 0) is 4.79 Å². The van der Waals surface area contributed by atoms with E-state index in [4.69, 9.17) is 0 Å². The van der Waals surface area contributed by atoms with Crippen LogP contribution in [-0.4, -0.2) is 37.1 Å². The summed E-state index contributed by atoms with van der Waals surface area (Å²) in [6.45, 7) is 3.37. The van der Waals surface area contributed by atoms with Crippen LogP contribution in [0.15, 0.2) is 18.2 Å². The molecule has 1 aromatic heterocycles. The highest BCUT2D eigenvalue weighted by molar-refractivity contribution is 5.85. The molecule has 0 spiro atoms. The third-order valence-corrected chi connectivity index (χ3v) is 2.78. The Morgan fingerprint density at radius 2 is 2.38 bits per heavy atom. The average Bonchev–Trinajstić information content (AvgIpc) is 2.33. The lowest BCUT2D eigenvalue weighted by Gasteiger charge is -2.33. The van der Waals surface area contributed by atoms with Crippen molar-refractivity contribution in [3.05, 3.63) is 18.2 Å². The number of hydrogen-bond acceptors (Lipinski definition) is 4. The van der Waals surface area contributed by atoms with Gasteiger partial charge in [0.2, 0.25) is 5.91 Å². The van der Waals surface area contributed by atoms with E-state index in [9.17, 15) is 4.79 Å². The summed E-state index contributed by atoms with van der Waals surface area (Å²) in [5.41, 5.74) is 0. The molecule has 1 atom stereocenters. The summed E-state index contributed by atoms with van der Waals surface area (Å²) in [7, 11) is 1.83. The van der Waals surface area contributed by atoms with E-state index < -0.39 is 0 Å². The molecular weight excluding hydrogens is 204 g/mol. The summed E-state index contributed by atoms with van der Waals surface area (Å²) in [6, 6.07) is 5.61. The highest BCUT2D eigenvalue weighted by atomic mass is 16.2. The summed E-state index contributed by atoms with van der Waals surface area (Å²) in [4.78, 5) is 18.0. The van der Waals surface area contributed by atoms with Crippen molar-refractivity contribution in [2.75, 3.05) is 30.4 Å². The molecule has 0 saturated carbocycles. The van der Waals surface area contributed by atoms with Crippen molar-refractivity contribution in [1.29, 1.82) is 0 Å². The highest BCUT2D eigenvalue weighted by Gasteiger charge is 2.26. The Morgan fingerprint density at radius 1 is 1.56 bits per heavy atom. The van der Waals surface area contributed by atoms with Crippen molar-refractivity contribution in [2.24, 2.45) is 0 Å². The lowest BCUT2D eigenvalue weighted by molar-refractivity contribution is -0.122. The second kappa shape index (κ2) is 4.38. The number of nitrogens with one attached hydrogen (secondary N) is 2. The van der Waals surface area contributed by atoms with Crippen molar-refractivity contribution in [3.8, 4) is 0 Å². The third kappa shape index (κ3) is 1.93. The number of hydrogen-bond donors (Lipinski definition) is 2. The van der Waals surface area contributed by atoms with Crippen LogP contribution in [0.2, 0.25) is 0 Å². The van der Waals surface area contributed by atoms with Crippen molar-refractivity contribution < 1.29 is 4.79 Å². The van der Waals surface area contributed by atoms with E-state index in [1.54, 1.807) is 0 Å². The maximum absolute atomic E-state index is 11.5. The van der Waals surface area contributed by atoms with Crippen LogP contribution in [0.25, 0.3) is 0 Å². The summed E-state index contributed by atoms with van der Waals surface area (Å²) < 4.78 is 0. The fourth-order valence-electron chi connectivity index (χ4n) is 1.82. The Morgan fingerprint density at radius 3 is 3.12 bits per heavy atom. The number of carbonyl (C=O) groups is 1. The predicted molar refractivity (Wildman–Crippen MR) is 63.6 cm³/mol. The lowest BCUT2D eigenvalue weighted by Crippen LogP contribution is -2.54. The zero-order chi connectivity index (χ0) is 11.5.